The van der Waals surface area contributed by atoms with E-state index in [0.717, 1.165) is 6.21 Å². The number of rotatable bonds is 17. The topological polar surface area (TPSA) is 269 Å². The quantitative estimate of drug-likeness (QED) is 0.0412. The van der Waals surface area contributed by atoms with Gasteiger partial charge >= 0.3 is 0 Å². The van der Waals surface area contributed by atoms with Gasteiger partial charge in [0, 0.05) is 23.2 Å². The van der Waals surface area contributed by atoms with E-state index >= 15 is 0 Å². The fourth-order valence-electron chi connectivity index (χ4n) is 4.58. The van der Waals surface area contributed by atoms with Crippen molar-refractivity contribution in [2.75, 3.05) is 46.3 Å². The molecule has 2 atom stereocenters. The molecule has 0 saturated carbocycles. The third-order valence-corrected chi connectivity index (χ3v) is 11.5. The number of fused-ring (bicyclic) bond motifs is 1. The minimum Gasteiger partial charge on any atom is -0.494 e. The van der Waals surface area contributed by atoms with Gasteiger partial charge in [0.2, 0.25) is 0 Å². The van der Waals surface area contributed by atoms with Crippen LogP contribution in [0, 0.1) is 5.41 Å². The van der Waals surface area contributed by atoms with Crippen LogP contribution in [0.25, 0.3) is 10.8 Å². The minimum atomic E-state index is -4.64. The summed E-state index contributed by atoms with van der Waals surface area (Å²) in [6.07, 6.45) is 1.40. The summed E-state index contributed by atoms with van der Waals surface area (Å²) in [5.74, 6) is 0.422. The van der Waals surface area contributed by atoms with Crippen LogP contribution in [0.3, 0.4) is 0 Å². The van der Waals surface area contributed by atoms with Crippen molar-refractivity contribution in [2.24, 2.45) is 4.99 Å². The van der Waals surface area contributed by atoms with E-state index in [9.17, 15) is 29.8 Å². The third-order valence-electron chi connectivity index (χ3n) is 6.71. The molecule has 0 spiro atoms. The lowest BCUT2D eigenvalue weighted by Crippen LogP contribution is -2.53. The summed E-state index contributed by atoms with van der Waals surface area (Å²) in [5, 5.41) is 18.4. The smallest absolute Gasteiger partial charge is 0.297 e. The van der Waals surface area contributed by atoms with Gasteiger partial charge in [-0.05, 0) is 41.9 Å². The number of nitrogens with one attached hydrogen (secondary N) is 6. The van der Waals surface area contributed by atoms with Crippen LogP contribution < -0.4 is 31.5 Å². The monoisotopic (exact) mass is 777 g/mol. The summed E-state index contributed by atoms with van der Waals surface area (Å²) in [7, 11) is -11.5. The van der Waals surface area contributed by atoms with Crippen molar-refractivity contribution < 1.29 is 43.6 Å². The molecular formula is C27H35N7O10S5. The van der Waals surface area contributed by atoms with Crippen molar-refractivity contribution in [3.8, 4) is 5.75 Å². The van der Waals surface area contributed by atoms with Crippen molar-refractivity contribution in [1.29, 1.82) is 5.41 Å². The molecule has 0 fully saturated rings. The van der Waals surface area contributed by atoms with Gasteiger partial charge in [-0.15, -0.1) is 23.5 Å². The van der Waals surface area contributed by atoms with Crippen LogP contribution in [0.15, 0.2) is 58.4 Å². The fourth-order valence-corrected chi connectivity index (χ4v) is 8.83. The number of guanidine groups is 1. The van der Waals surface area contributed by atoms with E-state index in [4.69, 9.17) is 19.3 Å². The Bertz CT molecular complexity index is 2030. The van der Waals surface area contributed by atoms with Crippen LogP contribution >= 0.6 is 23.5 Å². The van der Waals surface area contributed by atoms with Gasteiger partial charge in [-0.3, -0.25) is 24.4 Å². The Morgan fingerprint density at radius 3 is 2.18 bits per heavy atom. The van der Waals surface area contributed by atoms with Gasteiger partial charge in [0.25, 0.3) is 30.4 Å². The van der Waals surface area contributed by atoms with Crippen LogP contribution in [0.4, 0.5) is 17.1 Å². The molecule has 9 N–H and O–H groups in total. The van der Waals surface area contributed by atoms with Crippen molar-refractivity contribution in [3.05, 3.63) is 54.1 Å². The van der Waals surface area contributed by atoms with Gasteiger partial charge < -0.3 is 26.2 Å². The van der Waals surface area contributed by atoms with Gasteiger partial charge in [0.05, 0.1) is 35.7 Å². The molecule has 3 aromatic rings. The van der Waals surface area contributed by atoms with E-state index in [1.54, 1.807) is 42.5 Å². The Kier molecular flexibility index (Phi) is 13.0. The molecule has 0 aromatic heterocycles. The van der Waals surface area contributed by atoms with E-state index in [1.807, 2.05) is 0 Å². The number of benzene rings is 3. The number of thioether (sulfide) groups is 2. The molecule has 17 nitrogen and oxygen atoms in total. The summed E-state index contributed by atoms with van der Waals surface area (Å²) >= 11 is 2.59. The van der Waals surface area contributed by atoms with Gasteiger partial charge in [-0.2, -0.15) is 25.3 Å². The standard InChI is InChI=1S/C27H35N7O10S5/c1-44-23-15-21(34-33-20-9-8-17-6-2-3-7-19(17)24(20)49(41,42)43)18(16-28)14-22(23)29-25-30-26(45-10-4-12-47(35,36)37)32-27(31-25)46-11-5-13-48(38,39)40/h2-3,6-9,14-16,26-28,32-34H,4-5,10-13H2,1H3,(H2,29,30,31)(H,35,36,37)(H,38,39,40)(H,41,42,43). The number of nitrogens with zero attached hydrogens (tertiary/aromatic N) is 1. The molecule has 4 rings (SSSR count). The third kappa shape index (κ3) is 11.6. The highest BCUT2D eigenvalue weighted by Crippen LogP contribution is 2.34. The van der Waals surface area contributed by atoms with Crippen LogP contribution in [-0.2, 0) is 30.4 Å². The largest absolute Gasteiger partial charge is 0.494 e. The molecule has 268 valence electrons. The van der Waals surface area contributed by atoms with E-state index in [-0.39, 0.29) is 29.4 Å². The lowest BCUT2D eigenvalue weighted by atomic mass is 10.1. The van der Waals surface area contributed by atoms with Crippen molar-refractivity contribution >= 4 is 93.9 Å². The van der Waals surface area contributed by atoms with Crippen LogP contribution in [0.1, 0.15) is 18.4 Å². The second-order valence-electron chi connectivity index (χ2n) is 10.3. The van der Waals surface area contributed by atoms with E-state index < -0.39 is 52.9 Å². The SMILES string of the molecule is COc1cc(NNc2ccc3ccccc3c2S(=O)(=O)O)c(C=N)cc1NC1=NC(SCCCS(=O)(=O)O)NC(SCCCS(=O)(=O)O)N1. The Morgan fingerprint density at radius 1 is 0.898 bits per heavy atom. The molecule has 22 heteroatoms. The maximum Gasteiger partial charge on any atom is 0.297 e. The average molecular weight is 778 g/mol. The number of ether oxygens (including phenoxy) is 1. The Labute approximate surface area is 292 Å². The van der Waals surface area contributed by atoms with Gasteiger partial charge in [-0.1, -0.05) is 30.3 Å². The summed E-state index contributed by atoms with van der Waals surface area (Å²) in [4.78, 5) is 4.25. The fraction of sp³-hybridized carbons (Fsp3) is 0.333. The van der Waals surface area contributed by atoms with Crippen molar-refractivity contribution in [3.63, 3.8) is 0 Å². The highest BCUT2D eigenvalue weighted by atomic mass is 32.2. The molecule has 1 heterocycles. The second kappa shape index (κ2) is 16.6. The van der Waals surface area contributed by atoms with Gasteiger partial charge in [0.15, 0.2) is 11.5 Å². The molecule has 3 aromatic carbocycles. The van der Waals surface area contributed by atoms with Gasteiger partial charge in [0.1, 0.15) is 16.1 Å². The number of hydrogen-bond acceptors (Lipinski definition) is 16. The lowest BCUT2D eigenvalue weighted by molar-refractivity contribution is 0.417. The van der Waals surface area contributed by atoms with E-state index in [1.165, 1.54) is 36.7 Å². The Hall–Kier alpha value is -3.35. The predicted octanol–water partition coefficient (Wildman–Crippen LogP) is 3.08. The number of hydrazine groups is 1. The summed E-state index contributed by atoms with van der Waals surface area (Å²) < 4.78 is 103. The lowest BCUT2D eigenvalue weighted by Gasteiger charge is -2.31. The molecule has 1 aliphatic heterocycles. The number of aliphatic imine (C=N–C) groups is 1. The summed E-state index contributed by atoms with van der Waals surface area (Å²) in [5.41, 5.74) is 5.74. The van der Waals surface area contributed by atoms with E-state index in [2.05, 4.69) is 31.8 Å². The number of methoxy groups -OCH3 is 1. The first kappa shape index (κ1) is 38.5. The molecule has 0 radical (unpaired) electrons. The maximum absolute atomic E-state index is 12.3. The molecule has 0 bridgehead atoms. The number of hydrogen-bond donors (Lipinski definition) is 9. The van der Waals surface area contributed by atoms with Crippen LogP contribution in [0.2, 0.25) is 0 Å². The molecule has 2 unspecified atom stereocenters. The van der Waals surface area contributed by atoms with Crippen molar-refractivity contribution in [1.82, 2.24) is 10.6 Å². The first-order chi connectivity index (χ1) is 23.1. The zero-order valence-electron chi connectivity index (χ0n) is 25.8. The van der Waals surface area contributed by atoms with Crippen molar-refractivity contribution in [2.45, 2.75) is 28.7 Å². The molecule has 0 aliphatic carbocycles. The van der Waals surface area contributed by atoms with Crippen LogP contribution in [-0.4, -0.2) is 92.2 Å². The Balaban J connectivity index is 1.55. The molecule has 1 aliphatic rings. The van der Waals surface area contributed by atoms with E-state index in [0.29, 0.717) is 45.0 Å². The molecule has 0 amide bonds. The highest BCUT2D eigenvalue weighted by Gasteiger charge is 2.25. The second-order valence-corrected chi connectivity index (χ2v) is 17.2. The molecule has 49 heavy (non-hydrogen) atoms. The maximum atomic E-state index is 12.3. The normalized spacial score (nSPS) is 16.8. The zero-order chi connectivity index (χ0) is 35.8. The first-order valence-corrected chi connectivity index (χ1v) is 21.1. The Morgan fingerprint density at radius 2 is 1.55 bits per heavy atom. The van der Waals surface area contributed by atoms with Gasteiger partial charge in [-0.25, -0.2) is 4.99 Å². The van der Waals surface area contributed by atoms with Crippen LogP contribution in [0.5, 0.6) is 5.75 Å². The first-order valence-electron chi connectivity index (χ1n) is 14.3. The average Bonchev–Trinajstić information content (AvgIpc) is 3.02. The zero-order valence-corrected chi connectivity index (χ0v) is 29.9. The molecule has 0 saturated heterocycles. The molecular weight excluding hydrogens is 743 g/mol. The minimum absolute atomic E-state index is 0.0619. The predicted molar refractivity (Wildman–Crippen MR) is 194 cm³/mol. The highest BCUT2D eigenvalue weighted by molar-refractivity contribution is 8.00. The summed E-state index contributed by atoms with van der Waals surface area (Å²) in [6, 6.07) is 13.0. The summed E-state index contributed by atoms with van der Waals surface area (Å²) in [6.45, 7) is 0. The number of anilines is 3.